The summed E-state index contributed by atoms with van der Waals surface area (Å²) < 4.78 is 18.3. The highest BCUT2D eigenvalue weighted by atomic mass is 19.1. The molecule has 1 heterocycles. The molecule has 3 aromatic rings. The second-order valence-electron chi connectivity index (χ2n) is 6.82. The van der Waals surface area contributed by atoms with Gasteiger partial charge in [0.05, 0.1) is 0 Å². The van der Waals surface area contributed by atoms with Crippen LogP contribution < -0.4 is 5.73 Å². The molecule has 0 bridgehead atoms. The Kier molecular flexibility index (Phi) is 7.47. The van der Waals surface area contributed by atoms with E-state index in [0.717, 1.165) is 12.0 Å². The highest BCUT2D eigenvalue weighted by Gasteiger charge is 2.15. The van der Waals surface area contributed by atoms with E-state index in [9.17, 15) is 9.18 Å². The molecule has 0 aliphatic rings. The van der Waals surface area contributed by atoms with Crippen LogP contribution in [0.4, 0.5) is 4.39 Å². The van der Waals surface area contributed by atoms with E-state index in [1.165, 1.54) is 12.1 Å². The van der Waals surface area contributed by atoms with E-state index in [0.29, 0.717) is 56.2 Å². The van der Waals surface area contributed by atoms with Crippen LogP contribution in [0.1, 0.15) is 30.7 Å². The lowest BCUT2D eigenvalue weighted by Crippen LogP contribution is -2.32. The van der Waals surface area contributed by atoms with Crippen molar-refractivity contribution in [3.05, 3.63) is 71.9 Å². The fourth-order valence-electron chi connectivity index (χ4n) is 3.00. The van der Waals surface area contributed by atoms with Gasteiger partial charge < -0.3 is 15.2 Å². The van der Waals surface area contributed by atoms with Crippen LogP contribution in [0.25, 0.3) is 11.4 Å². The van der Waals surface area contributed by atoms with E-state index in [2.05, 4.69) is 10.1 Å². The number of hydrogen-bond donors (Lipinski definition) is 1. The summed E-state index contributed by atoms with van der Waals surface area (Å²) in [6, 6.07) is 15.8. The smallest absolute Gasteiger partial charge is 0.226 e. The minimum atomic E-state index is -0.314. The average Bonchev–Trinajstić information content (AvgIpc) is 3.21. The van der Waals surface area contributed by atoms with Gasteiger partial charge in [-0.3, -0.25) is 4.79 Å². The second kappa shape index (κ2) is 10.5. The Morgan fingerprint density at radius 1 is 1.07 bits per heavy atom. The van der Waals surface area contributed by atoms with Gasteiger partial charge in [-0.05, 0) is 49.2 Å². The van der Waals surface area contributed by atoms with Crippen LogP contribution in [0.15, 0.2) is 59.1 Å². The molecule has 0 saturated carbocycles. The van der Waals surface area contributed by atoms with Crippen molar-refractivity contribution in [3.8, 4) is 11.4 Å². The van der Waals surface area contributed by atoms with Gasteiger partial charge in [-0.1, -0.05) is 35.5 Å². The third kappa shape index (κ3) is 6.22. The Morgan fingerprint density at radius 2 is 1.83 bits per heavy atom. The van der Waals surface area contributed by atoms with Crippen molar-refractivity contribution in [2.75, 3.05) is 13.1 Å². The van der Waals surface area contributed by atoms with E-state index >= 15 is 0 Å². The Labute approximate surface area is 169 Å². The zero-order valence-corrected chi connectivity index (χ0v) is 16.3. The molecular formula is C22H25FN4O2. The average molecular weight is 396 g/mol. The minimum Gasteiger partial charge on any atom is -0.339 e. The number of aromatic nitrogens is 2. The van der Waals surface area contributed by atoms with Gasteiger partial charge in [0.1, 0.15) is 5.82 Å². The van der Waals surface area contributed by atoms with Crippen molar-refractivity contribution in [1.29, 1.82) is 0 Å². The monoisotopic (exact) mass is 396 g/mol. The summed E-state index contributed by atoms with van der Waals surface area (Å²) >= 11 is 0. The number of rotatable bonds is 10. The lowest BCUT2D eigenvalue weighted by molar-refractivity contribution is -0.132. The first kappa shape index (κ1) is 20.7. The molecule has 0 aliphatic heterocycles. The van der Waals surface area contributed by atoms with Gasteiger partial charge in [0.2, 0.25) is 17.6 Å². The van der Waals surface area contributed by atoms with Gasteiger partial charge in [0.25, 0.3) is 0 Å². The van der Waals surface area contributed by atoms with Crippen LogP contribution in [-0.4, -0.2) is 34.0 Å². The summed E-state index contributed by atoms with van der Waals surface area (Å²) in [4.78, 5) is 18.9. The maximum atomic E-state index is 13.0. The van der Waals surface area contributed by atoms with Crippen LogP contribution in [0.2, 0.25) is 0 Å². The quantitative estimate of drug-likeness (QED) is 0.566. The second-order valence-corrected chi connectivity index (χ2v) is 6.82. The highest BCUT2D eigenvalue weighted by Crippen LogP contribution is 2.17. The van der Waals surface area contributed by atoms with Crippen molar-refractivity contribution in [2.24, 2.45) is 5.73 Å². The molecule has 6 nitrogen and oxygen atoms in total. The van der Waals surface area contributed by atoms with Gasteiger partial charge in [0.15, 0.2) is 0 Å². The molecule has 0 radical (unpaired) electrons. The molecule has 0 aliphatic carbocycles. The summed E-state index contributed by atoms with van der Waals surface area (Å²) in [6.45, 7) is 1.77. The molecular weight excluding hydrogens is 371 g/mol. The van der Waals surface area contributed by atoms with Crippen LogP contribution in [-0.2, 0) is 17.8 Å². The molecule has 3 rings (SSSR count). The topological polar surface area (TPSA) is 85.2 Å². The fraction of sp³-hybridized carbons (Fsp3) is 0.318. The predicted octanol–water partition coefficient (Wildman–Crippen LogP) is 3.58. The maximum absolute atomic E-state index is 13.0. The van der Waals surface area contributed by atoms with Gasteiger partial charge >= 0.3 is 0 Å². The van der Waals surface area contributed by atoms with Crippen LogP contribution in [0, 0.1) is 5.82 Å². The first-order chi connectivity index (χ1) is 14.2. The number of aryl methyl sites for hydroxylation is 1. The standard InChI is InChI=1S/C22H25FN4O2/c23-19-12-10-18(11-13-19)22-25-20(29-26-22)8-4-9-21(28)27(15-5-14-24)16-17-6-2-1-3-7-17/h1-3,6-7,10-13H,4-5,8-9,14-16,24H2. The van der Waals surface area contributed by atoms with Gasteiger partial charge in [0, 0.05) is 31.5 Å². The molecule has 0 atom stereocenters. The molecule has 1 aromatic heterocycles. The van der Waals surface area contributed by atoms with Crippen molar-refractivity contribution in [2.45, 2.75) is 32.2 Å². The Bertz CT molecular complexity index is 897. The lowest BCUT2D eigenvalue weighted by Gasteiger charge is -2.22. The first-order valence-electron chi connectivity index (χ1n) is 9.76. The first-order valence-corrected chi connectivity index (χ1v) is 9.76. The molecule has 7 heteroatoms. The maximum Gasteiger partial charge on any atom is 0.226 e. The molecule has 2 N–H and O–H groups in total. The Balaban J connectivity index is 1.52. The Morgan fingerprint density at radius 3 is 2.55 bits per heavy atom. The van der Waals surface area contributed by atoms with E-state index in [-0.39, 0.29) is 11.7 Å². The number of benzene rings is 2. The van der Waals surface area contributed by atoms with Crippen molar-refractivity contribution >= 4 is 5.91 Å². The number of carbonyl (C=O) groups is 1. The molecule has 29 heavy (non-hydrogen) atoms. The number of hydrogen-bond acceptors (Lipinski definition) is 5. The molecule has 152 valence electrons. The third-order valence-corrected chi connectivity index (χ3v) is 4.55. The van der Waals surface area contributed by atoms with Gasteiger partial charge in [-0.15, -0.1) is 0 Å². The normalized spacial score (nSPS) is 10.8. The predicted molar refractivity (Wildman–Crippen MR) is 108 cm³/mol. The molecule has 2 aromatic carbocycles. The van der Waals surface area contributed by atoms with E-state index < -0.39 is 0 Å². The number of carbonyl (C=O) groups excluding carboxylic acids is 1. The zero-order valence-electron chi connectivity index (χ0n) is 16.3. The Hall–Kier alpha value is -3.06. The third-order valence-electron chi connectivity index (χ3n) is 4.55. The number of halogens is 1. The van der Waals surface area contributed by atoms with Crippen molar-refractivity contribution in [1.82, 2.24) is 15.0 Å². The van der Waals surface area contributed by atoms with E-state index in [4.69, 9.17) is 10.3 Å². The summed E-state index contributed by atoms with van der Waals surface area (Å²) in [5.74, 6) is 0.653. The molecule has 0 saturated heterocycles. The van der Waals surface area contributed by atoms with Crippen molar-refractivity contribution < 1.29 is 13.7 Å². The number of nitrogens with zero attached hydrogens (tertiary/aromatic N) is 3. The van der Waals surface area contributed by atoms with Crippen LogP contribution in [0.3, 0.4) is 0 Å². The number of nitrogens with two attached hydrogens (primary N) is 1. The summed E-state index contributed by atoms with van der Waals surface area (Å²) in [6.07, 6.45) is 2.28. The van der Waals surface area contributed by atoms with Gasteiger partial charge in [-0.25, -0.2) is 4.39 Å². The lowest BCUT2D eigenvalue weighted by atomic mass is 10.1. The minimum absolute atomic E-state index is 0.0839. The molecule has 0 spiro atoms. The van der Waals surface area contributed by atoms with E-state index in [1.807, 2.05) is 35.2 Å². The molecule has 0 fully saturated rings. The van der Waals surface area contributed by atoms with Gasteiger partial charge in [-0.2, -0.15) is 4.98 Å². The fourth-order valence-corrected chi connectivity index (χ4v) is 3.00. The van der Waals surface area contributed by atoms with E-state index in [1.54, 1.807) is 12.1 Å². The van der Waals surface area contributed by atoms with Crippen LogP contribution >= 0.6 is 0 Å². The largest absolute Gasteiger partial charge is 0.339 e. The SMILES string of the molecule is NCCCN(Cc1ccccc1)C(=O)CCCc1nc(-c2ccc(F)cc2)no1. The molecule has 1 amide bonds. The van der Waals surface area contributed by atoms with Crippen LogP contribution in [0.5, 0.6) is 0 Å². The summed E-state index contributed by atoms with van der Waals surface area (Å²) in [5, 5.41) is 3.93. The molecule has 0 unspecified atom stereocenters. The summed E-state index contributed by atoms with van der Waals surface area (Å²) in [5.41, 5.74) is 7.40. The number of amides is 1. The van der Waals surface area contributed by atoms with Crippen molar-refractivity contribution in [3.63, 3.8) is 0 Å². The highest BCUT2D eigenvalue weighted by molar-refractivity contribution is 5.76. The zero-order chi connectivity index (χ0) is 20.5. The summed E-state index contributed by atoms with van der Waals surface area (Å²) in [7, 11) is 0.